The molecule has 1 aromatic carbocycles. The Labute approximate surface area is 124 Å². The molecule has 1 atom stereocenters. The lowest BCUT2D eigenvalue weighted by Crippen LogP contribution is -2.36. The van der Waals surface area contributed by atoms with Crippen LogP contribution < -0.4 is 4.18 Å². The number of halogens is 4. The molecular weight excluding hydrogens is 326 g/mol. The molecule has 0 spiro atoms. The Bertz CT molecular complexity index is 702. The van der Waals surface area contributed by atoms with Crippen molar-refractivity contribution in [1.82, 2.24) is 4.90 Å². The normalized spacial score (nSPS) is 22.3. The number of hydrogen-bond acceptors (Lipinski definition) is 4. The summed E-state index contributed by atoms with van der Waals surface area (Å²) in [6, 6.07) is 2.11. The molecule has 1 aromatic rings. The van der Waals surface area contributed by atoms with Crippen LogP contribution in [0.1, 0.15) is 24.0 Å². The van der Waals surface area contributed by atoms with Crippen molar-refractivity contribution in [2.75, 3.05) is 6.54 Å². The molecule has 2 aliphatic heterocycles. The van der Waals surface area contributed by atoms with Crippen LogP contribution in [0, 0.1) is 5.82 Å². The molecule has 0 radical (unpaired) electrons. The van der Waals surface area contributed by atoms with Gasteiger partial charge in [-0.25, -0.2) is 4.39 Å². The first-order valence-corrected chi connectivity index (χ1v) is 8.14. The Hall–Kier alpha value is -1.35. The summed E-state index contributed by atoms with van der Waals surface area (Å²) in [5.74, 6) is -1.38. The van der Waals surface area contributed by atoms with Crippen molar-refractivity contribution in [3.05, 3.63) is 29.1 Å². The number of hydrogen-bond donors (Lipinski definition) is 0. The summed E-state index contributed by atoms with van der Waals surface area (Å²) in [7, 11) is -5.79. The summed E-state index contributed by atoms with van der Waals surface area (Å²) >= 11 is 0. The number of nitrogens with zero attached hydrogens (tertiary/aromatic N) is 1. The molecule has 4 nitrogen and oxygen atoms in total. The van der Waals surface area contributed by atoms with E-state index in [1.54, 1.807) is 0 Å². The molecule has 1 saturated heterocycles. The van der Waals surface area contributed by atoms with Gasteiger partial charge in [0, 0.05) is 24.2 Å². The Morgan fingerprint density at radius 3 is 2.68 bits per heavy atom. The van der Waals surface area contributed by atoms with E-state index >= 15 is 0 Å². The molecule has 9 heteroatoms. The second-order valence-electron chi connectivity index (χ2n) is 5.50. The molecule has 0 N–H and O–H groups in total. The maximum atomic E-state index is 14.1. The van der Waals surface area contributed by atoms with Crippen molar-refractivity contribution in [3.63, 3.8) is 0 Å². The highest BCUT2D eigenvalue weighted by Crippen LogP contribution is 2.35. The SMILES string of the molecule is O=S(=O)(Oc1cc(F)c2c(c1)CC1CCCN1C2)C(F)(F)F. The van der Waals surface area contributed by atoms with Crippen molar-refractivity contribution in [1.29, 1.82) is 0 Å². The highest BCUT2D eigenvalue weighted by Gasteiger charge is 2.48. The maximum Gasteiger partial charge on any atom is 0.534 e. The third kappa shape index (κ3) is 2.67. The quantitative estimate of drug-likeness (QED) is 0.472. The van der Waals surface area contributed by atoms with Gasteiger partial charge in [0.05, 0.1) is 0 Å². The average Bonchev–Trinajstić information content (AvgIpc) is 2.81. The monoisotopic (exact) mass is 339 g/mol. The van der Waals surface area contributed by atoms with Gasteiger partial charge < -0.3 is 4.18 Å². The van der Waals surface area contributed by atoms with E-state index in [1.165, 1.54) is 6.07 Å². The summed E-state index contributed by atoms with van der Waals surface area (Å²) in [4.78, 5) is 2.12. The molecule has 0 aliphatic carbocycles. The van der Waals surface area contributed by atoms with E-state index in [0.717, 1.165) is 19.4 Å². The first-order chi connectivity index (χ1) is 10.2. The van der Waals surface area contributed by atoms with Gasteiger partial charge in [0.15, 0.2) is 0 Å². The predicted molar refractivity (Wildman–Crippen MR) is 69.1 cm³/mol. The molecule has 3 rings (SSSR count). The third-order valence-electron chi connectivity index (χ3n) is 4.07. The van der Waals surface area contributed by atoms with Crippen LogP contribution in [0.25, 0.3) is 0 Å². The van der Waals surface area contributed by atoms with Crippen molar-refractivity contribution in [2.24, 2.45) is 0 Å². The highest BCUT2D eigenvalue weighted by molar-refractivity contribution is 7.88. The summed E-state index contributed by atoms with van der Waals surface area (Å²) in [5.41, 5.74) is -4.63. The molecule has 0 saturated carbocycles. The van der Waals surface area contributed by atoms with Crippen LogP contribution in [0.3, 0.4) is 0 Å². The van der Waals surface area contributed by atoms with Crippen LogP contribution in [0.5, 0.6) is 5.75 Å². The zero-order valence-corrected chi connectivity index (χ0v) is 12.2. The fourth-order valence-electron chi connectivity index (χ4n) is 3.04. The minimum absolute atomic E-state index is 0.223. The molecule has 2 aliphatic rings. The molecule has 1 unspecified atom stereocenters. The zero-order valence-electron chi connectivity index (χ0n) is 11.4. The molecular formula is C13H13F4NO3S. The van der Waals surface area contributed by atoms with Crippen LogP contribution in [0.2, 0.25) is 0 Å². The molecule has 0 aromatic heterocycles. The van der Waals surface area contributed by atoms with Crippen LogP contribution >= 0.6 is 0 Å². The topological polar surface area (TPSA) is 46.6 Å². The van der Waals surface area contributed by atoms with E-state index < -0.39 is 27.2 Å². The molecule has 1 fully saturated rings. The fraction of sp³-hybridized carbons (Fsp3) is 0.538. The Morgan fingerprint density at radius 2 is 2.00 bits per heavy atom. The van der Waals surface area contributed by atoms with E-state index in [-0.39, 0.29) is 6.04 Å². The Morgan fingerprint density at radius 1 is 1.27 bits per heavy atom. The second kappa shape index (κ2) is 5.09. The fourth-order valence-corrected chi connectivity index (χ4v) is 3.48. The first-order valence-electron chi connectivity index (χ1n) is 6.73. The van der Waals surface area contributed by atoms with E-state index in [1.807, 2.05) is 0 Å². The van der Waals surface area contributed by atoms with Gasteiger partial charge in [-0.2, -0.15) is 21.6 Å². The minimum Gasteiger partial charge on any atom is -0.376 e. The standard InChI is InChI=1S/C13H13F4NO3S/c14-12-6-10(21-22(19,20)13(15,16)17)5-8-4-9-2-1-3-18(9)7-11(8)12/h5-6,9H,1-4,7H2. The largest absolute Gasteiger partial charge is 0.534 e. The van der Waals surface area contributed by atoms with Crippen LogP contribution in [-0.2, 0) is 23.1 Å². The van der Waals surface area contributed by atoms with Crippen LogP contribution in [0.4, 0.5) is 17.6 Å². The lowest BCUT2D eigenvalue weighted by molar-refractivity contribution is -0.0500. The van der Waals surface area contributed by atoms with Crippen molar-refractivity contribution < 1.29 is 30.2 Å². The van der Waals surface area contributed by atoms with Gasteiger partial charge >= 0.3 is 15.6 Å². The van der Waals surface area contributed by atoms with Crippen molar-refractivity contribution >= 4 is 10.1 Å². The van der Waals surface area contributed by atoms with Gasteiger partial charge in [-0.05, 0) is 37.4 Å². The van der Waals surface area contributed by atoms with Gasteiger partial charge in [-0.1, -0.05) is 0 Å². The minimum atomic E-state index is -5.79. The summed E-state index contributed by atoms with van der Waals surface area (Å²) < 4.78 is 77.1. The van der Waals surface area contributed by atoms with E-state index in [9.17, 15) is 26.0 Å². The lowest BCUT2D eigenvalue weighted by Gasteiger charge is -2.31. The van der Waals surface area contributed by atoms with E-state index in [2.05, 4.69) is 9.08 Å². The van der Waals surface area contributed by atoms with Gasteiger partial charge in [-0.15, -0.1) is 0 Å². The van der Waals surface area contributed by atoms with Gasteiger partial charge in [0.2, 0.25) is 0 Å². The number of benzene rings is 1. The second-order valence-corrected chi connectivity index (χ2v) is 7.03. The zero-order chi connectivity index (χ0) is 16.1. The Balaban J connectivity index is 1.92. The summed E-state index contributed by atoms with van der Waals surface area (Å²) in [5, 5.41) is 0. The average molecular weight is 339 g/mol. The van der Waals surface area contributed by atoms with Gasteiger partial charge in [0.25, 0.3) is 0 Å². The van der Waals surface area contributed by atoms with Crippen LogP contribution in [-0.4, -0.2) is 31.4 Å². The first kappa shape index (κ1) is 15.5. The maximum absolute atomic E-state index is 14.1. The van der Waals surface area contributed by atoms with E-state index in [4.69, 9.17) is 0 Å². The third-order valence-corrected chi connectivity index (χ3v) is 5.05. The Kier molecular flexibility index (Phi) is 3.59. The molecule has 2 heterocycles. The molecule has 0 bridgehead atoms. The number of rotatable bonds is 2. The highest BCUT2D eigenvalue weighted by atomic mass is 32.2. The van der Waals surface area contributed by atoms with Crippen molar-refractivity contribution in [3.8, 4) is 5.75 Å². The number of fused-ring (bicyclic) bond motifs is 2. The molecule has 0 amide bonds. The van der Waals surface area contributed by atoms with Crippen molar-refractivity contribution in [2.45, 2.75) is 37.4 Å². The smallest absolute Gasteiger partial charge is 0.376 e. The number of alkyl halides is 3. The summed E-state index contributed by atoms with van der Waals surface area (Å²) in [6.45, 7) is 1.25. The predicted octanol–water partition coefficient (Wildman–Crippen LogP) is 2.57. The lowest BCUT2D eigenvalue weighted by atomic mass is 9.94. The summed E-state index contributed by atoms with van der Waals surface area (Å²) in [6.07, 6.45) is 2.41. The van der Waals surface area contributed by atoms with E-state index in [0.29, 0.717) is 30.2 Å². The molecule has 122 valence electrons. The molecule has 22 heavy (non-hydrogen) atoms. The van der Waals surface area contributed by atoms with Crippen LogP contribution in [0.15, 0.2) is 12.1 Å². The van der Waals surface area contributed by atoms with Gasteiger partial charge in [0.1, 0.15) is 11.6 Å². The van der Waals surface area contributed by atoms with Gasteiger partial charge in [-0.3, -0.25) is 4.90 Å².